The van der Waals surface area contributed by atoms with Gasteiger partial charge in [-0.25, -0.2) is 0 Å². The molecule has 2 aromatic rings. The zero-order valence-electron chi connectivity index (χ0n) is 12.3. The maximum Gasteiger partial charge on any atom is 0.270 e. The first-order chi connectivity index (χ1) is 11.2. The minimum atomic E-state index is -0.524. The highest BCUT2D eigenvalue weighted by Crippen LogP contribution is 2.25. The van der Waals surface area contributed by atoms with Crippen LogP contribution in [0.2, 0.25) is 0 Å². The number of anilines is 2. The molecule has 8 heteroatoms. The molecule has 8 nitrogen and oxygen atoms in total. The molecule has 0 radical (unpaired) electrons. The summed E-state index contributed by atoms with van der Waals surface area (Å²) < 4.78 is 7.36. The lowest BCUT2D eigenvalue weighted by atomic mass is 10.1. The molecule has 23 heavy (non-hydrogen) atoms. The molecular weight excluding hydrogens is 298 g/mol. The van der Waals surface area contributed by atoms with E-state index in [-0.39, 0.29) is 17.4 Å². The fourth-order valence-corrected chi connectivity index (χ4v) is 2.53. The van der Waals surface area contributed by atoms with Crippen LogP contribution in [-0.4, -0.2) is 27.4 Å². The molecule has 0 bridgehead atoms. The van der Waals surface area contributed by atoms with E-state index < -0.39 is 4.92 Å². The number of hydrogen-bond acceptors (Lipinski definition) is 6. The quantitative estimate of drug-likeness (QED) is 0.671. The number of rotatable bonds is 5. The Bertz CT molecular complexity index is 759. The standard InChI is InChI=1S/C15H15N5O3/c16-7-11-6-13(20(21)22)3-4-15(11)18-12-8-17-19(9-12)10-14-2-1-5-23-14/h3-4,6,8-9,14,18H,1-2,5,10H2. The first-order valence-electron chi connectivity index (χ1n) is 7.25. The maximum absolute atomic E-state index is 10.8. The number of hydrogen-bond donors (Lipinski definition) is 1. The summed E-state index contributed by atoms with van der Waals surface area (Å²) in [4.78, 5) is 10.2. The van der Waals surface area contributed by atoms with Gasteiger partial charge in [0.25, 0.3) is 5.69 Å². The molecule has 1 aliphatic heterocycles. The van der Waals surface area contributed by atoms with Crippen molar-refractivity contribution >= 4 is 17.1 Å². The van der Waals surface area contributed by atoms with Crippen LogP contribution in [-0.2, 0) is 11.3 Å². The monoisotopic (exact) mass is 313 g/mol. The molecule has 1 atom stereocenters. The number of ether oxygens (including phenoxy) is 1. The second kappa shape index (κ2) is 6.46. The minimum absolute atomic E-state index is 0.110. The van der Waals surface area contributed by atoms with Crippen LogP contribution in [0.5, 0.6) is 0 Å². The van der Waals surface area contributed by atoms with Crippen molar-refractivity contribution in [2.45, 2.75) is 25.5 Å². The SMILES string of the molecule is N#Cc1cc([N+](=O)[O-])ccc1Nc1cnn(CC2CCCO2)c1. The van der Waals surface area contributed by atoms with E-state index in [4.69, 9.17) is 10.00 Å². The summed E-state index contributed by atoms with van der Waals surface area (Å²) in [5, 5.41) is 27.2. The Morgan fingerprint density at radius 2 is 2.43 bits per heavy atom. The van der Waals surface area contributed by atoms with E-state index in [0.717, 1.165) is 19.4 Å². The molecule has 2 heterocycles. The fraction of sp³-hybridized carbons (Fsp3) is 0.333. The zero-order valence-corrected chi connectivity index (χ0v) is 12.3. The van der Waals surface area contributed by atoms with Crippen LogP contribution in [0.4, 0.5) is 17.1 Å². The largest absolute Gasteiger partial charge is 0.376 e. The molecule has 1 unspecified atom stereocenters. The average molecular weight is 313 g/mol. The summed E-state index contributed by atoms with van der Waals surface area (Å²) >= 11 is 0. The summed E-state index contributed by atoms with van der Waals surface area (Å²) in [6.07, 6.45) is 5.77. The highest BCUT2D eigenvalue weighted by Gasteiger charge is 2.16. The number of benzene rings is 1. The summed E-state index contributed by atoms with van der Waals surface area (Å²) in [7, 11) is 0. The van der Waals surface area contributed by atoms with E-state index in [0.29, 0.717) is 17.9 Å². The number of nitriles is 1. The normalized spacial score (nSPS) is 16.9. The summed E-state index contributed by atoms with van der Waals surface area (Å²) in [5.41, 5.74) is 1.33. The number of nitro benzene ring substituents is 1. The average Bonchev–Trinajstić information content (AvgIpc) is 3.20. The summed E-state index contributed by atoms with van der Waals surface area (Å²) in [5.74, 6) is 0. The van der Waals surface area contributed by atoms with Gasteiger partial charge in [0.1, 0.15) is 6.07 Å². The van der Waals surface area contributed by atoms with Crippen molar-refractivity contribution in [3.63, 3.8) is 0 Å². The molecule has 0 spiro atoms. The second-order valence-corrected chi connectivity index (χ2v) is 5.31. The highest BCUT2D eigenvalue weighted by atomic mass is 16.6. The molecule has 1 aliphatic rings. The van der Waals surface area contributed by atoms with Gasteiger partial charge in [-0.1, -0.05) is 0 Å². The molecule has 0 aliphatic carbocycles. The number of aromatic nitrogens is 2. The van der Waals surface area contributed by atoms with Crippen LogP contribution >= 0.6 is 0 Å². The third-order valence-electron chi connectivity index (χ3n) is 3.66. The maximum atomic E-state index is 10.8. The number of nitrogens with zero attached hydrogens (tertiary/aromatic N) is 4. The lowest BCUT2D eigenvalue weighted by molar-refractivity contribution is -0.384. The molecule has 1 aromatic heterocycles. The molecule has 3 rings (SSSR count). The van der Waals surface area contributed by atoms with Crippen LogP contribution < -0.4 is 5.32 Å². The predicted octanol–water partition coefficient (Wildman–Crippen LogP) is 2.59. The molecule has 1 aromatic carbocycles. The first kappa shape index (κ1) is 15.0. The van der Waals surface area contributed by atoms with E-state index in [9.17, 15) is 10.1 Å². The minimum Gasteiger partial charge on any atom is -0.376 e. The summed E-state index contributed by atoms with van der Waals surface area (Å²) in [6.45, 7) is 1.48. The molecule has 0 saturated carbocycles. The molecule has 1 saturated heterocycles. The molecule has 1 N–H and O–H groups in total. The third-order valence-corrected chi connectivity index (χ3v) is 3.66. The number of nitro groups is 1. The van der Waals surface area contributed by atoms with Gasteiger partial charge in [0.2, 0.25) is 0 Å². The highest BCUT2D eigenvalue weighted by molar-refractivity contribution is 5.67. The predicted molar refractivity (Wildman–Crippen MR) is 82.3 cm³/mol. The van der Waals surface area contributed by atoms with Gasteiger partial charge in [-0.3, -0.25) is 14.8 Å². The van der Waals surface area contributed by atoms with Gasteiger partial charge < -0.3 is 10.1 Å². The van der Waals surface area contributed by atoms with Gasteiger partial charge in [0.15, 0.2) is 0 Å². The number of non-ortho nitro benzene ring substituents is 1. The van der Waals surface area contributed by atoms with Crippen molar-refractivity contribution in [1.29, 1.82) is 5.26 Å². The van der Waals surface area contributed by atoms with Gasteiger partial charge >= 0.3 is 0 Å². The van der Waals surface area contributed by atoms with Crippen molar-refractivity contribution in [1.82, 2.24) is 9.78 Å². The van der Waals surface area contributed by atoms with Gasteiger partial charge in [-0.15, -0.1) is 0 Å². The van der Waals surface area contributed by atoms with E-state index in [1.807, 2.05) is 12.3 Å². The third kappa shape index (κ3) is 3.46. The Morgan fingerprint density at radius 1 is 1.57 bits per heavy atom. The molecule has 118 valence electrons. The molecular formula is C15H15N5O3. The van der Waals surface area contributed by atoms with Crippen LogP contribution in [0.1, 0.15) is 18.4 Å². The van der Waals surface area contributed by atoms with Crippen molar-refractivity contribution in [3.05, 3.63) is 46.3 Å². The van der Waals surface area contributed by atoms with Gasteiger partial charge in [-0.2, -0.15) is 10.4 Å². The fourth-order valence-electron chi connectivity index (χ4n) is 2.53. The van der Waals surface area contributed by atoms with Crippen molar-refractivity contribution in [2.24, 2.45) is 0 Å². The lowest BCUT2D eigenvalue weighted by Crippen LogP contribution is -2.15. The van der Waals surface area contributed by atoms with E-state index in [1.165, 1.54) is 18.2 Å². The Morgan fingerprint density at radius 3 is 3.13 bits per heavy atom. The second-order valence-electron chi connectivity index (χ2n) is 5.31. The Hall–Kier alpha value is -2.92. The topological polar surface area (TPSA) is 106 Å². The van der Waals surface area contributed by atoms with Gasteiger partial charge in [0.05, 0.1) is 40.7 Å². The van der Waals surface area contributed by atoms with Crippen LogP contribution in [0.3, 0.4) is 0 Å². The van der Waals surface area contributed by atoms with Crippen molar-refractivity contribution in [3.8, 4) is 6.07 Å². The van der Waals surface area contributed by atoms with E-state index in [1.54, 1.807) is 10.9 Å². The van der Waals surface area contributed by atoms with Gasteiger partial charge in [0, 0.05) is 24.9 Å². The molecule has 0 amide bonds. The first-order valence-corrected chi connectivity index (χ1v) is 7.25. The Labute approximate surface area is 132 Å². The smallest absolute Gasteiger partial charge is 0.270 e. The number of nitrogens with one attached hydrogen (secondary N) is 1. The van der Waals surface area contributed by atoms with Crippen LogP contribution in [0, 0.1) is 21.4 Å². The van der Waals surface area contributed by atoms with Crippen LogP contribution in [0.15, 0.2) is 30.6 Å². The van der Waals surface area contributed by atoms with E-state index in [2.05, 4.69) is 10.4 Å². The Kier molecular flexibility index (Phi) is 4.21. The lowest BCUT2D eigenvalue weighted by Gasteiger charge is -2.08. The zero-order chi connectivity index (χ0) is 16.2. The Balaban J connectivity index is 1.73. The summed E-state index contributed by atoms with van der Waals surface area (Å²) in [6, 6.07) is 6.09. The molecule has 1 fully saturated rings. The van der Waals surface area contributed by atoms with Crippen LogP contribution in [0.25, 0.3) is 0 Å². The van der Waals surface area contributed by atoms with E-state index >= 15 is 0 Å². The van der Waals surface area contributed by atoms with Gasteiger partial charge in [-0.05, 0) is 18.9 Å². The van der Waals surface area contributed by atoms with Crippen molar-refractivity contribution < 1.29 is 9.66 Å². The van der Waals surface area contributed by atoms with Crippen molar-refractivity contribution in [2.75, 3.05) is 11.9 Å².